The Balaban J connectivity index is 2.39. The first kappa shape index (κ1) is 14.8. The molecule has 0 aliphatic heterocycles. The Morgan fingerprint density at radius 2 is 2.06 bits per heavy atom. The highest BCUT2D eigenvalue weighted by molar-refractivity contribution is 5.75. The molecule has 0 radical (unpaired) electrons. The van der Waals surface area contributed by atoms with Crippen molar-refractivity contribution in [3.8, 4) is 0 Å². The number of methoxy groups -OCH3 is 1. The van der Waals surface area contributed by atoms with Gasteiger partial charge in [-0.1, -0.05) is 12.8 Å². The van der Waals surface area contributed by atoms with Crippen molar-refractivity contribution in [2.45, 2.75) is 44.2 Å². The molecule has 1 aliphatic rings. The lowest BCUT2D eigenvalue weighted by molar-refractivity contribution is -0.137. The first-order valence-corrected chi connectivity index (χ1v) is 6.30. The van der Waals surface area contributed by atoms with E-state index in [2.05, 4.69) is 5.32 Å². The van der Waals surface area contributed by atoms with E-state index in [1.54, 1.807) is 14.2 Å². The van der Waals surface area contributed by atoms with Crippen molar-refractivity contribution in [2.75, 3.05) is 20.7 Å². The lowest BCUT2D eigenvalue weighted by Crippen LogP contribution is -2.50. The predicted molar refractivity (Wildman–Crippen MR) is 66.5 cm³/mol. The van der Waals surface area contributed by atoms with Crippen LogP contribution in [0.1, 0.15) is 32.1 Å². The van der Waals surface area contributed by atoms with E-state index < -0.39 is 5.97 Å². The molecular weight excluding hydrogens is 236 g/mol. The topological polar surface area (TPSA) is 78.9 Å². The molecule has 18 heavy (non-hydrogen) atoms. The first-order valence-electron chi connectivity index (χ1n) is 6.30. The van der Waals surface area contributed by atoms with Crippen LogP contribution < -0.4 is 5.32 Å². The molecule has 0 bridgehead atoms. The number of carbonyl (C=O) groups is 2. The Kier molecular flexibility index (Phi) is 5.91. The highest BCUT2D eigenvalue weighted by Gasteiger charge is 2.27. The number of amides is 2. The second-order valence-electron chi connectivity index (χ2n) is 4.68. The number of hydrogen-bond acceptors (Lipinski definition) is 3. The van der Waals surface area contributed by atoms with Crippen molar-refractivity contribution in [1.29, 1.82) is 0 Å². The number of urea groups is 1. The van der Waals surface area contributed by atoms with Gasteiger partial charge in [0.2, 0.25) is 0 Å². The normalized spacial score (nSPS) is 23.4. The van der Waals surface area contributed by atoms with Crippen LogP contribution in [0.3, 0.4) is 0 Å². The van der Waals surface area contributed by atoms with Crippen LogP contribution in [0.4, 0.5) is 4.79 Å². The van der Waals surface area contributed by atoms with Crippen LogP contribution in [0.2, 0.25) is 0 Å². The highest BCUT2D eigenvalue weighted by atomic mass is 16.5. The average molecular weight is 258 g/mol. The smallest absolute Gasteiger partial charge is 0.317 e. The Bertz CT molecular complexity index is 296. The van der Waals surface area contributed by atoms with Crippen molar-refractivity contribution in [1.82, 2.24) is 10.2 Å². The third-order valence-corrected chi connectivity index (χ3v) is 3.32. The lowest BCUT2D eigenvalue weighted by atomic mass is 9.92. The van der Waals surface area contributed by atoms with Crippen LogP contribution in [0.5, 0.6) is 0 Å². The molecule has 0 heterocycles. The van der Waals surface area contributed by atoms with E-state index in [0.717, 1.165) is 25.7 Å². The monoisotopic (exact) mass is 258 g/mol. The van der Waals surface area contributed by atoms with E-state index >= 15 is 0 Å². The lowest BCUT2D eigenvalue weighted by Gasteiger charge is -2.32. The second-order valence-corrected chi connectivity index (χ2v) is 4.68. The summed E-state index contributed by atoms with van der Waals surface area (Å²) in [4.78, 5) is 23.7. The molecule has 6 heteroatoms. The van der Waals surface area contributed by atoms with Crippen molar-refractivity contribution >= 4 is 12.0 Å². The van der Waals surface area contributed by atoms with Crippen LogP contribution in [0, 0.1) is 0 Å². The molecule has 0 aromatic rings. The number of nitrogens with one attached hydrogen (secondary N) is 1. The molecule has 0 saturated heterocycles. The fourth-order valence-corrected chi connectivity index (χ4v) is 2.18. The maximum absolute atomic E-state index is 11.9. The van der Waals surface area contributed by atoms with Gasteiger partial charge in [-0.2, -0.15) is 0 Å². The van der Waals surface area contributed by atoms with Crippen LogP contribution in [0.25, 0.3) is 0 Å². The molecule has 0 spiro atoms. The number of carbonyl (C=O) groups excluding carboxylic acids is 1. The molecule has 6 nitrogen and oxygen atoms in total. The maximum Gasteiger partial charge on any atom is 0.317 e. The van der Waals surface area contributed by atoms with Crippen molar-refractivity contribution in [2.24, 2.45) is 0 Å². The molecule has 1 rings (SSSR count). The maximum atomic E-state index is 11.9. The third-order valence-electron chi connectivity index (χ3n) is 3.32. The van der Waals surface area contributed by atoms with E-state index in [0.29, 0.717) is 0 Å². The van der Waals surface area contributed by atoms with Gasteiger partial charge in [0.15, 0.2) is 0 Å². The van der Waals surface area contributed by atoms with Gasteiger partial charge < -0.3 is 20.1 Å². The van der Waals surface area contributed by atoms with E-state index in [-0.39, 0.29) is 31.1 Å². The van der Waals surface area contributed by atoms with Gasteiger partial charge in [-0.05, 0) is 12.8 Å². The minimum atomic E-state index is -0.901. The van der Waals surface area contributed by atoms with Crippen molar-refractivity contribution in [3.63, 3.8) is 0 Å². The summed E-state index contributed by atoms with van der Waals surface area (Å²) >= 11 is 0. The third kappa shape index (κ3) is 4.52. The van der Waals surface area contributed by atoms with E-state index in [9.17, 15) is 9.59 Å². The standard InChI is InChI=1S/C12H22N2O4/c1-14(8-7-11(15)16)12(17)13-9-5-3-4-6-10(9)18-2/h9-10H,3-8H2,1-2H3,(H,13,17)(H,15,16). The number of ether oxygens (including phenoxy) is 1. The molecule has 2 unspecified atom stereocenters. The summed E-state index contributed by atoms with van der Waals surface area (Å²) in [7, 11) is 3.26. The largest absolute Gasteiger partial charge is 0.481 e. The summed E-state index contributed by atoms with van der Waals surface area (Å²) in [6.07, 6.45) is 4.11. The summed E-state index contributed by atoms with van der Waals surface area (Å²) in [5.41, 5.74) is 0. The van der Waals surface area contributed by atoms with Gasteiger partial charge in [-0.15, -0.1) is 0 Å². The number of rotatable bonds is 5. The van der Waals surface area contributed by atoms with Crippen molar-refractivity contribution in [3.05, 3.63) is 0 Å². The van der Waals surface area contributed by atoms with Gasteiger partial charge in [-0.3, -0.25) is 4.79 Å². The molecule has 1 saturated carbocycles. The number of carboxylic acid groups (broad SMARTS) is 1. The Hall–Kier alpha value is -1.30. The van der Waals surface area contributed by atoms with E-state index in [1.807, 2.05) is 0 Å². The molecule has 0 aromatic carbocycles. The average Bonchev–Trinajstić information content (AvgIpc) is 2.36. The molecular formula is C12H22N2O4. The van der Waals surface area contributed by atoms with Crippen LogP contribution in [-0.2, 0) is 9.53 Å². The number of aliphatic carboxylic acids is 1. The van der Waals surface area contributed by atoms with Crippen LogP contribution in [-0.4, -0.2) is 54.9 Å². The van der Waals surface area contributed by atoms with Crippen molar-refractivity contribution < 1.29 is 19.4 Å². The second kappa shape index (κ2) is 7.20. The molecule has 1 aliphatic carbocycles. The minimum Gasteiger partial charge on any atom is -0.481 e. The summed E-state index contributed by atoms with van der Waals surface area (Å²) in [6, 6.07) is -0.200. The zero-order chi connectivity index (χ0) is 13.5. The Morgan fingerprint density at radius 3 is 2.67 bits per heavy atom. The Morgan fingerprint density at radius 1 is 1.39 bits per heavy atom. The SMILES string of the molecule is COC1CCCCC1NC(=O)N(C)CCC(=O)O. The molecule has 0 aromatic heterocycles. The molecule has 2 atom stereocenters. The first-order chi connectivity index (χ1) is 8.54. The molecule has 1 fully saturated rings. The Labute approximate surface area is 107 Å². The summed E-state index contributed by atoms with van der Waals surface area (Å²) in [5.74, 6) is -0.901. The fraction of sp³-hybridized carbons (Fsp3) is 0.833. The summed E-state index contributed by atoms with van der Waals surface area (Å²) in [5, 5.41) is 11.5. The molecule has 2 amide bonds. The number of nitrogens with zero attached hydrogens (tertiary/aromatic N) is 1. The number of hydrogen-bond donors (Lipinski definition) is 2. The van der Waals surface area contributed by atoms with E-state index in [1.165, 1.54) is 4.90 Å². The zero-order valence-corrected chi connectivity index (χ0v) is 11.0. The fourth-order valence-electron chi connectivity index (χ4n) is 2.18. The molecule has 2 N–H and O–H groups in total. The van der Waals surface area contributed by atoms with Gasteiger partial charge in [0, 0.05) is 20.7 Å². The quantitative estimate of drug-likeness (QED) is 0.773. The van der Waals surface area contributed by atoms with E-state index in [4.69, 9.17) is 9.84 Å². The van der Waals surface area contributed by atoms with Gasteiger partial charge in [0.25, 0.3) is 0 Å². The van der Waals surface area contributed by atoms with Gasteiger partial charge in [0.1, 0.15) is 0 Å². The van der Waals surface area contributed by atoms with Crippen LogP contribution >= 0.6 is 0 Å². The van der Waals surface area contributed by atoms with Gasteiger partial charge in [-0.25, -0.2) is 4.79 Å². The zero-order valence-electron chi connectivity index (χ0n) is 11.0. The summed E-state index contributed by atoms with van der Waals surface area (Å²) in [6.45, 7) is 0.214. The predicted octanol–water partition coefficient (Wildman–Crippen LogP) is 1.06. The van der Waals surface area contributed by atoms with Gasteiger partial charge in [0.05, 0.1) is 18.6 Å². The van der Waals surface area contributed by atoms with Crippen LogP contribution in [0.15, 0.2) is 0 Å². The summed E-state index contributed by atoms with van der Waals surface area (Å²) < 4.78 is 5.36. The molecule has 104 valence electrons. The van der Waals surface area contributed by atoms with Gasteiger partial charge >= 0.3 is 12.0 Å². The minimum absolute atomic E-state index is 0.0310. The number of carboxylic acids is 1. The highest BCUT2D eigenvalue weighted by Crippen LogP contribution is 2.20.